The van der Waals surface area contributed by atoms with Crippen LogP contribution >= 0.6 is 0 Å². The molecule has 0 radical (unpaired) electrons. The molecule has 10 heavy (non-hydrogen) atoms. The van der Waals surface area contributed by atoms with Gasteiger partial charge in [-0.05, 0) is 13.8 Å². The molecule has 0 aromatic heterocycles. The Labute approximate surface area is 60.1 Å². The number of hydrogen-bond acceptors (Lipinski definition) is 2. The van der Waals surface area contributed by atoms with E-state index in [0.717, 1.165) is 0 Å². The highest BCUT2D eigenvalue weighted by Gasteiger charge is 1.95. The van der Waals surface area contributed by atoms with E-state index >= 15 is 0 Å². The van der Waals surface area contributed by atoms with Gasteiger partial charge in [-0.15, -0.1) is 0 Å². The summed E-state index contributed by atoms with van der Waals surface area (Å²) in [5.41, 5.74) is 1.16. The zero-order valence-electron chi connectivity index (χ0n) is 6.39. The Morgan fingerprint density at radius 2 is 1.80 bits per heavy atom. The molecule has 3 heteroatoms. The minimum absolute atomic E-state index is 0.154. The molecule has 0 atom stereocenters. The van der Waals surface area contributed by atoms with Crippen molar-refractivity contribution in [2.45, 2.75) is 20.8 Å². The number of carbonyl (C=O) groups is 2. The normalized spacial score (nSPS) is 11.9. The molecule has 1 N–H and O–H groups in total. The van der Waals surface area contributed by atoms with Gasteiger partial charge in [0.2, 0.25) is 5.91 Å². The Kier molecular flexibility index (Phi) is 3.39. The summed E-state index contributed by atoms with van der Waals surface area (Å²) < 4.78 is 0. The monoisotopic (exact) mass is 141 g/mol. The van der Waals surface area contributed by atoms with Crippen LogP contribution in [0, 0.1) is 0 Å². The number of rotatable bonds is 2. The number of amides is 1. The van der Waals surface area contributed by atoms with Gasteiger partial charge in [-0.3, -0.25) is 9.59 Å². The van der Waals surface area contributed by atoms with Gasteiger partial charge >= 0.3 is 0 Å². The first kappa shape index (κ1) is 8.88. The molecule has 0 fully saturated rings. The van der Waals surface area contributed by atoms with Crippen molar-refractivity contribution in [3.05, 3.63) is 11.3 Å². The Morgan fingerprint density at radius 3 is 2.10 bits per heavy atom. The van der Waals surface area contributed by atoms with Crippen LogP contribution in [0.15, 0.2) is 11.3 Å². The Morgan fingerprint density at radius 1 is 1.30 bits per heavy atom. The molecular formula is C7H11NO2. The lowest BCUT2D eigenvalue weighted by Crippen LogP contribution is -2.18. The zero-order chi connectivity index (χ0) is 8.15. The van der Waals surface area contributed by atoms with Crippen LogP contribution in [0.3, 0.4) is 0 Å². The van der Waals surface area contributed by atoms with E-state index in [1.165, 1.54) is 6.92 Å². The molecule has 0 aliphatic heterocycles. The van der Waals surface area contributed by atoms with E-state index in [-0.39, 0.29) is 5.91 Å². The maximum atomic E-state index is 10.4. The second-order valence-corrected chi connectivity index (χ2v) is 2.11. The summed E-state index contributed by atoms with van der Waals surface area (Å²) in [4.78, 5) is 20.5. The van der Waals surface area contributed by atoms with E-state index in [9.17, 15) is 9.59 Å². The fourth-order valence-corrected chi connectivity index (χ4v) is 0.451. The van der Waals surface area contributed by atoms with Crippen molar-refractivity contribution in [2.24, 2.45) is 0 Å². The Balaban J connectivity index is 4.18. The highest BCUT2D eigenvalue weighted by Crippen LogP contribution is 1.94. The molecule has 0 unspecified atom stereocenters. The molecule has 0 bridgehead atoms. The zero-order valence-corrected chi connectivity index (χ0v) is 6.39. The molecule has 0 aromatic rings. The number of aldehydes is 1. The van der Waals surface area contributed by atoms with Gasteiger partial charge in [0.25, 0.3) is 0 Å². The van der Waals surface area contributed by atoms with Gasteiger partial charge in [-0.1, -0.05) is 0 Å². The second-order valence-electron chi connectivity index (χ2n) is 2.11. The molecule has 56 valence electrons. The molecule has 0 heterocycles. The van der Waals surface area contributed by atoms with Gasteiger partial charge in [0.05, 0.1) is 0 Å². The van der Waals surface area contributed by atoms with Crippen LogP contribution in [0.25, 0.3) is 0 Å². The average molecular weight is 141 g/mol. The van der Waals surface area contributed by atoms with Crippen LogP contribution < -0.4 is 5.32 Å². The predicted octanol–water partition coefficient (Wildman–Crippen LogP) is 0.615. The van der Waals surface area contributed by atoms with Crippen molar-refractivity contribution >= 4 is 12.2 Å². The molecule has 0 aromatic carbocycles. The van der Waals surface area contributed by atoms with Gasteiger partial charge in [0.15, 0.2) is 0 Å². The smallest absolute Gasteiger partial charge is 0.220 e. The van der Waals surface area contributed by atoms with Crippen LogP contribution in [0.5, 0.6) is 0 Å². The topological polar surface area (TPSA) is 46.2 Å². The van der Waals surface area contributed by atoms with Gasteiger partial charge in [-0.2, -0.15) is 0 Å². The fourth-order valence-electron chi connectivity index (χ4n) is 0.451. The SMILES string of the molecule is CC(=O)N/C(C)=C(/C)C=O. The summed E-state index contributed by atoms with van der Waals surface area (Å²) in [7, 11) is 0. The molecule has 0 saturated heterocycles. The summed E-state index contributed by atoms with van der Waals surface area (Å²) in [6.07, 6.45) is 0.714. The lowest BCUT2D eigenvalue weighted by molar-refractivity contribution is -0.118. The van der Waals surface area contributed by atoms with E-state index in [1.54, 1.807) is 13.8 Å². The van der Waals surface area contributed by atoms with Crippen LogP contribution in [0.1, 0.15) is 20.8 Å². The van der Waals surface area contributed by atoms with Gasteiger partial charge in [-0.25, -0.2) is 0 Å². The van der Waals surface area contributed by atoms with Crippen molar-refractivity contribution in [2.75, 3.05) is 0 Å². The number of nitrogens with one attached hydrogen (secondary N) is 1. The molecule has 0 aliphatic rings. The molecule has 0 aliphatic carbocycles. The van der Waals surface area contributed by atoms with Gasteiger partial charge in [0, 0.05) is 18.2 Å². The highest BCUT2D eigenvalue weighted by molar-refractivity contribution is 5.79. The summed E-state index contributed by atoms with van der Waals surface area (Å²) in [5.74, 6) is -0.154. The molecule has 0 spiro atoms. The van der Waals surface area contributed by atoms with Crippen LogP contribution in [-0.2, 0) is 9.59 Å². The van der Waals surface area contributed by atoms with E-state index in [2.05, 4.69) is 5.32 Å². The lowest BCUT2D eigenvalue weighted by Gasteiger charge is -2.01. The minimum Gasteiger partial charge on any atom is -0.330 e. The molecule has 3 nitrogen and oxygen atoms in total. The quantitative estimate of drug-likeness (QED) is 0.452. The molecule has 0 rings (SSSR count). The summed E-state index contributed by atoms with van der Waals surface area (Å²) in [6.45, 7) is 4.74. The third-order valence-electron chi connectivity index (χ3n) is 1.13. The number of hydrogen-bond donors (Lipinski definition) is 1. The first-order chi connectivity index (χ1) is 4.57. The first-order valence-electron chi connectivity index (χ1n) is 2.98. The third-order valence-corrected chi connectivity index (χ3v) is 1.13. The van der Waals surface area contributed by atoms with Crippen molar-refractivity contribution in [1.29, 1.82) is 0 Å². The van der Waals surface area contributed by atoms with E-state index in [4.69, 9.17) is 0 Å². The maximum absolute atomic E-state index is 10.4. The predicted molar refractivity (Wildman–Crippen MR) is 38.3 cm³/mol. The summed E-state index contributed by atoms with van der Waals surface area (Å²) in [6, 6.07) is 0. The second kappa shape index (κ2) is 3.82. The van der Waals surface area contributed by atoms with Crippen LogP contribution in [-0.4, -0.2) is 12.2 Å². The number of allylic oxidation sites excluding steroid dienone is 2. The minimum atomic E-state index is -0.154. The van der Waals surface area contributed by atoms with Crippen LogP contribution in [0.2, 0.25) is 0 Å². The van der Waals surface area contributed by atoms with Gasteiger partial charge in [0.1, 0.15) is 6.29 Å². The van der Waals surface area contributed by atoms with Gasteiger partial charge < -0.3 is 5.32 Å². The van der Waals surface area contributed by atoms with Crippen molar-refractivity contribution in [3.8, 4) is 0 Å². The van der Waals surface area contributed by atoms with E-state index in [1.807, 2.05) is 0 Å². The molecule has 0 saturated carbocycles. The third kappa shape index (κ3) is 3.02. The lowest BCUT2D eigenvalue weighted by atomic mass is 10.3. The van der Waals surface area contributed by atoms with E-state index < -0.39 is 0 Å². The first-order valence-corrected chi connectivity index (χ1v) is 2.98. The van der Waals surface area contributed by atoms with Crippen molar-refractivity contribution in [3.63, 3.8) is 0 Å². The summed E-state index contributed by atoms with van der Waals surface area (Å²) >= 11 is 0. The Hall–Kier alpha value is -1.12. The Bertz CT molecular complexity index is 182. The van der Waals surface area contributed by atoms with Crippen LogP contribution in [0.4, 0.5) is 0 Å². The largest absolute Gasteiger partial charge is 0.330 e. The van der Waals surface area contributed by atoms with Crippen molar-refractivity contribution < 1.29 is 9.59 Å². The van der Waals surface area contributed by atoms with E-state index in [0.29, 0.717) is 17.6 Å². The maximum Gasteiger partial charge on any atom is 0.220 e. The van der Waals surface area contributed by atoms with Crippen molar-refractivity contribution in [1.82, 2.24) is 5.32 Å². The fraction of sp³-hybridized carbons (Fsp3) is 0.429. The standard InChI is InChI=1S/C7H11NO2/c1-5(4-9)6(2)8-7(3)10/h4H,1-3H3,(H,8,10)/b6-5-. The average Bonchev–Trinajstić information content (AvgIpc) is 1.85. The highest BCUT2D eigenvalue weighted by atomic mass is 16.1. The molecular weight excluding hydrogens is 130 g/mol. The number of carbonyl (C=O) groups excluding carboxylic acids is 2. The summed E-state index contributed by atoms with van der Waals surface area (Å²) in [5, 5.41) is 2.50. The molecule has 1 amide bonds.